The van der Waals surface area contributed by atoms with Crippen LogP contribution in [-0.4, -0.2) is 33.8 Å². The molecule has 0 bridgehead atoms. The number of nitrogens with two attached hydrogens (primary N) is 1. The Morgan fingerprint density at radius 2 is 2.05 bits per heavy atom. The molecule has 7 nitrogen and oxygen atoms in total. The highest BCUT2D eigenvalue weighted by Gasteiger charge is 2.15. The van der Waals surface area contributed by atoms with Gasteiger partial charge < -0.3 is 15.0 Å². The molecule has 0 amide bonds. The number of hydrogen-bond acceptors (Lipinski definition) is 7. The van der Waals surface area contributed by atoms with Gasteiger partial charge in [0.2, 0.25) is 11.7 Å². The Morgan fingerprint density at radius 1 is 1.25 bits per heavy atom. The zero-order chi connectivity index (χ0) is 13.9. The molecule has 102 valence electrons. The Morgan fingerprint density at radius 3 is 2.85 bits per heavy atom. The number of nitrogens with zero attached hydrogens (tertiary/aromatic N) is 4. The molecule has 7 heteroatoms. The van der Waals surface area contributed by atoms with E-state index in [1.807, 2.05) is 18.2 Å². The second-order valence-electron chi connectivity index (χ2n) is 4.28. The first-order valence-electron chi connectivity index (χ1n) is 6.07. The van der Waals surface area contributed by atoms with Crippen LogP contribution in [0.4, 0.5) is 0 Å². The van der Waals surface area contributed by atoms with Gasteiger partial charge in [-0.3, -0.25) is 9.97 Å². The van der Waals surface area contributed by atoms with Crippen molar-refractivity contribution in [3.63, 3.8) is 0 Å². The molecule has 1 atom stereocenters. The summed E-state index contributed by atoms with van der Waals surface area (Å²) in [4.78, 5) is 12.7. The monoisotopic (exact) mass is 271 g/mol. The number of aromatic nitrogens is 4. The van der Waals surface area contributed by atoms with Gasteiger partial charge in [0.15, 0.2) is 0 Å². The molecule has 0 aliphatic heterocycles. The Bertz CT molecular complexity index is 727. The van der Waals surface area contributed by atoms with Crippen molar-refractivity contribution in [3.05, 3.63) is 36.5 Å². The van der Waals surface area contributed by atoms with Gasteiger partial charge in [0.1, 0.15) is 6.04 Å². The van der Waals surface area contributed by atoms with Crippen LogP contribution in [0.1, 0.15) is 11.9 Å². The fourth-order valence-corrected chi connectivity index (χ4v) is 1.86. The summed E-state index contributed by atoms with van der Waals surface area (Å²) < 4.78 is 10.1. The van der Waals surface area contributed by atoms with Crippen molar-refractivity contribution in [2.24, 2.45) is 5.73 Å². The van der Waals surface area contributed by atoms with Crippen molar-refractivity contribution in [1.29, 1.82) is 0 Å². The first-order valence-corrected chi connectivity index (χ1v) is 6.07. The Labute approximate surface area is 114 Å². The van der Waals surface area contributed by atoms with Gasteiger partial charge in [-0.1, -0.05) is 5.16 Å². The fraction of sp³-hybridized carbons (Fsp3) is 0.231. The highest BCUT2D eigenvalue weighted by molar-refractivity contribution is 5.79. The normalized spacial score (nSPS) is 12.7. The number of rotatable bonds is 4. The maximum absolute atomic E-state index is 5.84. The Balaban J connectivity index is 1.94. The van der Waals surface area contributed by atoms with E-state index in [0.717, 1.165) is 16.6 Å². The number of ether oxygens (including phenoxy) is 1. The molecular weight excluding hydrogens is 258 g/mol. The lowest BCUT2D eigenvalue weighted by Gasteiger charge is -2.02. The largest absolute Gasteiger partial charge is 0.383 e. The summed E-state index contributed by atoms with van der Waals surface area (Å²) in [6, 6.07) is 5.16. The van der Waals surface area contributed by atoms with E-state index in [0.29, 0.717) is 18.3 Å². The number of fused-ring (bicyclic) bond motifs is 1. The van der Waals surface area contributed by atoms with Crippen LogP contribution in [0.2, 0.25) is 0 Å². The van der Waals surface area contributed by atoms with Crippen LogP contribution in [0.25, 0.3) is 22.4 Å². The zero-order valence-corrected chi connectivity index (χ0v) is 10.9. The predicted octanol–water partition coefficient (Wildman–Crippen LogP) is 1.33. The van der Waals surface area contributed by atoms with E-state index in [4.69, 9.17) is 15.0 Å². The molecular formula is C13H13N5O2. The van der Waals surface area contributed by atoms with Gasteiger partial charge in [-0.25, -0.2) is 0 Å². The molecule has 0 aliphatic rings. The minimum atomic E-state index is -0.429. The van der Waals surface area contributed by atoms with Crippen LogP contribution < -0.4 is 5.73 Å². The van der Waals surface area contributed by atoms with Crippen LogP contribution in [0.3, 0.4) is 0 Å². The number of hydrogen-bond donors (Lipinski definition) is 1. The van der Waals surface area contributed by atoms with E-state index in [-0.39, 0.29) is 0 Å². The average molecular weight is 271 g/mol. The van der Waals surface area contributed by atoms with E-state index in [1.165, 1.54) is 0 Å². The molecule has 2 aromatic heterocycles. The van der Waals surface area contributed by atoms with Gasteiger partial charge in [0.25, 0.3) is 0 Å². The Kier molecular flexibility index (Phi) is 3.36. The van der Waals surface area contributed by atoms with Crippen molar-refractivity contribution in [3.8, 4) is 11.4 Å². The molecule has 0 radical (unpaired) electrons. The molecule has 2 heterocycles. The SMILES string of the molecule is COCC(N)c1nc(-c2ccc3nccnc3c2)no1. The van der Waals surface area contributed by atoms with E-state index >= 15 is 0 Å². The van der Waals surface area contributed by atoms with E-state index < -0.39 is 6.04 Å². The molecule has 1 aromatic carbocycles. The third-order valence-corrected chi connectivity index (χ3v) is 2.83. The van der Waals surface area contributed by atoms with Gasteiger partial charge in [-0.05, 0) is 18.2 Å². The van der Waals surface area contributed by atoms with Gasteiger partial charge in [-0.2, -0.15) is 4.98 Å². The lowest BCUT2D eigenvalue weighted by molar-refractivity contribution is 0.166. The summed E-state index contributed by atoms with van der Waals surface area (Å²) in [5.41, 5.74) is 8.24. The molecule has 1 unspecified atom stereocenters. The maximum atomic E-state index is 5.84. The van der Waals surface area contributed by atoms with Crippen molar-refractivity contribution in [2.75, 3.05) is 13.7 Å². The molecule has 0 saturated carbocycles. The van der Waals surface area contributed by atoms with E-state index in [2.05, 4.69) is 20.1 Å². The van der Waals surface area contributed by atoms with E-state index in [1.54, 1.807) is 19.5 Å². The quantitative estimate of drug-likeness (QED) is 0.763. The summed E-state index contributed by atoms with van der Waals surface area (Å²) in [5.74, 6) is 0.820. The smallest absolute Gasteiger partial charge is 0.246 e. The van der Waals surface area contributed by atoms with Crippen LogP contribution in [0.5, 0.6) is 0 Å². The maximum Gasteiger partial charge on any atom is 0.246 e. The van der Waals surface area contributed by atoms with Crippen molar-refractivity contribution < 1.29 is 9.26 Å². The third-order valence-electron chi connectivity index (χ3n) is 2.83. The third kappa shape index (κ3) is 2.36. The highest BCUT2D eigenvalue weighted by Crippen LogP contribution is 2.21. The number of benzene rings is 1. The topological polar surface area (TPSA) is 100.0 Å². The van der Waals surface area contributed by atoms with Crippen molar-refractivity contribution in [1.82, 2.24) is 20.1 Å². The average Bonchev–Trinajstić information content (AvgIpc) is 2.97. The first-order chi connectivity index (χ1) is 9.78. The molecule has 2 N–H and O–H groups in total. The standard InChI is InChI=1S/C13H13N5O2/c1-19-7-9(14)13-17-12(18-20-13)8-2-3-10-11(6-8)16-5-4-15-10/h2-6,9H,7,14H2,1H3. The van der Waals surface area contributed by atoms with Crippen LogP contribution in [0.15, 0.2) is 35.1 Å². The van der Waals surface area contributed by atoms with Crippen LogP contribution in [-0.2, 0) is 4.74 Å². The summed E-state index contributed by atoms with van der Waals surface area (Å²) in [5, 5.41) is 3.93. The molecule has 0 spiro atoms. The van der Waals surface area contributed by atoms with E-state index in [9.17, 15) is 0 Å². The van der Waals surface area contributed by atoms with Crippen molar-refractivity contribution >= 4 is 11.0 Å². The van der Waals surface area contributed by atoms with Crippen LogP contribution in [0, 0.1) is 0 Å². The molecule has 0 saturated heterocycles. The molecule has 3 aromatic rings. The first kappa shape index (κ1) is 12.6. The number of methoxy groups -OCH3 is 1. The van der Waals surface area contributed by atoms with Gasteiger partial charge in [0.05, 0.1) is 17.6 Å². The summed E-state index contributed by atoms with van der Waals surface area (Å²) in [6.45, 7) is 0.324. The molecule has 0 aliphatic carbocycles. The highest BCUT2D eigenvalue weighted by atomic mass is 16.5. The lowest BCUT2D eigenvalue weighted by atomic mass is 10.2. The lowest BCUT2D eigenvalue weighted by Crippen LogP contribution is -2.16. The second-order valence-corrected chi connectivity index (χ2v) is 4.28. The van der Waals surface area contributed by atoms with Gasteiger partial charge in [-0.15, -0.1) is 0 Å². The summed E-state index contributed by atoms with van der Waals surface area (Å²) in [7, 11) is 1.57. The Hall–Kier alpha value is -2.38. The van der Waals surface area contributed by atoms with Gasteiger partial charge >= 0.3 is 0 Å². The predicted molar refractivity (Wildman–Crippen MR) is 71.6 cm³/mol. The molecule has 0 fully saturated rings. The minimum absolute atomic E-state index is 0.324. The summed E-state index contributed by atoms with van der Waals surface area (Å²) >= 11 is 0. The summed E-state index contributed by atoms with van der Waals surface area (Å²) in [6.07, 6.45) is 3.29. The fourth-order valence-electron chi connectivity index (χ4n) is 1.86. The van der Waals surface area contributed by atoms with Crippen LogP contribution >= 0.6 is 0 Å². The van der Waals surface area contributed by atoms with Gasteiger partial charge in [0, 0.05) is 25.1 Å². The molecule has 20 heavy (non-hydrogen) atoms. The molecule has 3 rings (SSSR count). The second kappa shape index (κ2) is 5.32. The minimum Gasteiger partial charge on any atom is -0.383 e. The zero-order valence-electron chi connectivity index (χ0n) is 10.9. The van der Waals surface area contributed by atoms with Crippen molar-refractivity contribution in [2.45, 2.75) is 6.04 Å².